The summed E-state index contributed by atoms with van der Waals surface area (Å²) < 4.78 is 6.94. The third-order valence-electron chi connectivity index (χ3n) is 5.41. The summed E-state index contributed by atoms with van der Waals surface area (Å²) in [5.41, 5.74) is 4.61. The van der Waals surface area contributed by atoms with Crippen molar-refractivity contribution in [2.45, 2.75) is 20.4 Å². The molecule has 1 amide bonds. The molecule has 0 unspecified atom stereocenters. The number of hydrogen-bond donors (Lipinski definition) is 1. The van der Waals surface area contributed by atoms with E-state index in [1.165, 1.54) is 4.68 Å². The topological polar surface area (TPSA) is 73.2 Å². The van der Waals surface area contributed by atoms with E-state index in [9.17, 15) is 9.59 Å². The Labute approximate surface area is 186 Å². The monoisotopic (exact) mass is 427 g/mol. The number of aromatic nitrogens is 2. The highest BCUT2D eigenvalue weighted by atomic mass is 16.5. The standard InChI is InChI=1S/C26H25N3O3/c1-17-7-6-8-21(13-17)32-16-24(30)27-15-20-14-19(12-11-18(20)2)25-22-9-4-5-10-23(22)26(31)29(3)28-25/h4-14H,15-16H2,1-3H3,(H,27,30). The summed E-state index contributed by atoms with van der Waals surface area (Å²) in [6, 6.07) is 21.1. The van der Waals surface area contributed by atoms with Crippen LogP contribution in [-0.4, -0.2) is 22.3 Å². The van der Waals surface area contributed by atoms with Gasteiger partial charge in [0.2, 0.25) is 0 Å². The van der Waals surface area contributed by atoms with Crippen LogP contribution >= 0.6 is 0 Å². The first-order valence-corrected chi connectivity index (χ1v) is 10.4. The van der Waals surface area contributed by atoms with Crippen LogP contribution in [0.5, 0.6) is 5.75 Å². The van der Waals surface area contributed by atoms with Crippen molar-refractivity contribution in [3.63, 3.8) is 0 Å². The van der Waals surface area contributed by atoms with Crippen LogP contribution in [0.2, 0.25) is 0 Å². The average molecular weight is 428 g/mol. The smallest absolute Gasteiger partial charge is 0.274 e. The Hall–Kier alpha value is -3.93. The van der Waals surface area contributed by atoms with E-state index in [1.54, 1.807) is 7.05 Å². The highest BCUT2D eigenvalue weighted by Crippen LogP contribution is 2.26. The van der Waals surface area contributed by atoms with Crippen LogP contribution in [0.15, 0.2) is 71.5 Å². The van der Waals surface area contributed by atoms with Gasteiger partial charge in [0.15, 0.2) is 6.61 Å². The van der Waals surface area contributed by atoms with E-state index in [4.69, 9.17) is 4.74 Å². The molecule has 3 aromatic carbocycles. The zero-order chi connectivity index (χ0) is 22.7. The van der Waals surface area contributed by atoms with Crippen molar-refractivity contribution in [2.75, 3.05) is 6.61 Å². The van der Waals surface area contributed by atoms with Crippen LogP contribution in [0.25, 0.3) is 22.0 Å². The Morgan fingerprint density at radius 3 is 2.56 bits per heavy atom. The molecular formula is C26H25N3O3. The van der Waals surface area contributed by atoms with Crippen LogP contribution in [-0.2, 0) is 18.4 Å². The average Bonchev–Trinajstić information content (AvgIpc) is 2.80. The number of amides is 1. The normalized spacial score (nSPS) is 10.8. The fraction of sp³-hybridized carbons (Fsp3) is 0.192. The number of carbonyl (C=O) groups is 1. The zero-order valence-electron chi connectivity index (χ0n) is 18.4. The van der Waals surface area contributed by atoms with E-state index < -0.39 is 0 Å². The summed E-state index contributed by atoms with van der Waals surface area (Å²) in [6.07, 6.45) is 0. The Bertz CT molecular complexity index is 1360. The molecule has 0 atom stereocenters. The number of benzene rings is 3. The van der Waals surface area contributed by atoms with E-state index in [0.717, 1.165) is 33.3 Å². The SMILES string of the molecule is Cc1cccc(OCC(=O)NCc2cc(-c3nn(C)c(=O)c4ccccc34)ccc2C)c1. The number of hydrogen-bond acceptors (Lipinski definition) is 4. The lowest BCUT2D eigenvalue weighted by Gasteiger charge is -2.13. The lowest BCUT2D eigenvalue weighted by molar-refractivity contribution is -0.123. The van der Waals surface area contributed by atoms with Gasteiger partial charge in [-0.25, -0.2) is 4.68 Å². The van der Waals surface area contributed by atoms with Crippen molar-refractivity contribution in [2.24, 2.45) is 7.05 Å². The molecule has 0 saturated carbocycles. The van der Waals surface area contributed by atoms with Crippen LogP contribution in [0.3, 0.4) is 0 Å². The maximum absolute atomic E-state index is 12.4. The highest BCUT2D eigenvalue weighted by Gasteiger charge is 2.12. The zero-order valence-corrected chi connectivity index (χ0v) is 18.4. The number of nitrogens with one attached hydrogen (secondary N) is 1. The summed E-state index contributed by atoms with van der Waals surface area (Å²) in [4.78, 5) is 24.7. The Morgan fingerprint density at radius 2 is 1.78 bits per heavy atom. The Morgan fingerprint density at radius 1 is 1.00 bits per heavy atom. The fourth-order valence-corrected chi connectivity index (χ4v) is 3.62. The van der Waals surface area contributed by atoms with Crippen LogP contribution in [0, 0.1) is 13.8 Å². The molecule has 0 aliphatic carbocycles. The molecule has 6 nitrogen and oxygen atoms in total. The van der Waals surface area contributed by atoms with Crippen molar-refractivity contribution in [3.05, 3.63) is 93.8 Å². The van der Waals surface area contributed by atoms with E-state index in [2.05, 4.69) is 10.4 Å². The van der Waals surface area contributed by atoms with Crippen LogP contribution in [0.1, 0.15) is 16.7 Å². The predicted molar refractivity (Wildman–Crippen MR) is 126 cm³/mol. The number of carbonyl (C=O) groups excluding carboxylic acids is 1. The second-order valence-electron chi connectivity index (χ2n) is 7.85. The molecule has 1 aromatic heterocycles. The number of rotatable bonds is 6. The summed E-state index contributed by atoms with van der Waals surface area (Å²) in [7, 11) is 1.65. The van der Waals surface area contributed by atoms with Gasteiger partial charge in [-0.15, -0.1) is 0 Å². The van der Waals surface area contributed by atoms with E-state index >= 15 is 0 Å². The lowest BCUT2D eigenvalue weighted by Crippen LogP contribution is -2.28. The van der Waals surface area contributed by atoms with Crippen molar-refractivity contribution in [1.29, 1.82) is 0 Å². The molecule has 0 spiro atoms. The molecule has 0 aliphatic heterocycles. The molecule has 0 saturated heterocycles. The van der Waals surface area contributed by atoms with Crippen molar-refractivity contribution in [1.82, 2.24) is 15.1 Å². The first-order chi connectivity index (χ1) is 15.4. The van der Waals surface area contributed by atoms with Crippen molar-refractivity contribution >= 4 is 16.7 Å². The largest absolute Gasteiger partial charge is 0.484 e. The van der Waals surface area contributed by atoms with Gasteiger partial charge < -0.3 is 10.1 Å². The van der Waals surface area contributed by atoms with Gasteiger partial charge >= 0.3 is 0 Å². The van der Waals surface area contributed by atoms with E-state index in [-0.39, 0.29) is 18.1 Å². The van der Waals surface area contributed by atoms with Gasteiger partial charge in [0.05, 0.1) is 11.1 Å². The summed E-state index contributed by atoms with van der Waals surface area (Å²) in [5.74, 6) is 0.480. The van der Waals surface area contributed by atoms with Gasteiger partial charge in [0.25, 0.3) is 11.5 Å². The van der Waals surface area contributed by atoms with Crippen molar-refractivity contribution < 1.29 is 9.53 Å². The number of fused-ring (bicyclic) bond motifs is 1. The molecule has 0 bridgehead atoms. The first-order valence-electron chi connectivity index (χ1n) is 10.4. The maximum Gasteiger partial charge on any atom is 0.274 e. The van der Waals surface area contributed by atoms with Gasteiger partial charge in [-0.2, -0.15) is 5.10 Å². The minimum atomic E-state index is -0.193. The molecule has 0 radical (unpaired) electrons. The molecule has 0 aliphatic rings. The van der Waals surface area contributed by atoms with Crippen LogP contribution < -0.4 is 15.6 Å². The lowest BCUT2D eigenvalue weighted by atomic mass is 10.00. The molecule has 32 heavy (non-hydrogen) atoms. The quantitative estimate of drug-likeness (QED) is 0.506. The first kappa shape index (κ1) is 21.3. The molecule has 4 aromatic rings. The molecule has 6 heteroatoms. The number of ether oxygens (including phenoxy) is 1. The Kier molecular flexibility index (Phi) is 6.03. The minimum absolute atomic E-state index is 0.0464. The third kappa shape index (κ3) is 4.54. The minimum Gasteiger partial charge on any atom is -0.484 e. The van der Waals surface area contributed by atoms with E-state index in [0.29, 0.717) is 17.7 Å². The summed E-state index contributed by atoms with van der Waals surface area (Å²) >= 11 is 0. The molecule has 0 fully saturated rings. The highest BCUT2D eigenvalue weighted by molar-refractivity contribution is 5.93. The molecule has 4 rings (SSSR count). The molecule has 1 heterocycles. The van der Waals surface area contributed by atoms with Gasteiger partial charge in [0, 0.05) is 24.5 Å². The molecule has 162 valence electrons. The predicted octanol–water partition coefficient (Wildman–Crippen LogP) is 3.91. The van der Waals surface area contributed by atoms with E-state index in [1.807, 2.05) is 80.6 Å². The molecular weight excluding hydrogens is 402 g/mol. The van der Waals surface area contributed by atoms with Gasteiger partial charge in [-0.05, 0) is 54.8 Å². The van der Waals surface area contributed by atoms with Gasteiger partial charge in [0.1, 0.15) is 5.75 Å². The summed E-state index contributed by atoms with van der Waals surface area (Å²) in [6.45, 7) is 4.31. The number of nitrogens with zero attached hydrogens (tertiary/aromatic N) is 2. The van der Waals surface area contributed by atoms with Crippen LogP contribution in [0.4, 0.5) is 0 Å². The van der Waals surface area contributed by atoms with Gasteiger partial charge in [-0.1, -0.05) is 42.5 Å². The summed E-state index contributed by atoms with van der Waals surface area (Å²) in [5, 5.41) is 8.86. The number of aryl methyl sites for hydroxylation is 3. The van der Waals surface area contributed by atoms with Gasteiger partial charge in [-0.3, -0.25) is 9.59 Å². The Balaban J connectivity index is 1.53. The molecule has 1 N–H and O–H groups in total. The fourth-order valence-electron chi connectivity index (χ4n) is 3.62. The second-order valence-corrected chi connectivity index (χ2v) is 7.85. The third-order valence-corrected chi connectivity index (χ3v) is 5.41. The maximum atomic E-state index is 12.4. The second kappa shape index (κ2) is 9.06. The van der Waals surface area contributed by atoms with Crippen molar-refractivity contribution in [3.8, 4) is 17.0 Å².